The predicted molar refractivity (Wildman–Crippen MR) is 177 cm³/mol. The van der Waals surface area contributed by atoms with Crippen LogP contribution in [0.25, 0.3) is 54.7 Å². The molecule has 10 rings (SSSR count). The SMILES string of the molecule is [Cl-].[Cl-].[Hf+4].c1ccc2[cH-]c(-n3c4c(c5ccccc53)CCC4)cc2c1.c1ccc2[cH-]c(-n3c4c(c5ccccc53)CCC4)cc2c1. The summed E-state index contributed by atoms with van der Waals surface area (Å²) in [5.41, 5.74) is 11.5. The molecule has 0 spiro atoms. The molecule has 0 amide bonds. The van der Waals surface area contributed by atoms with E-state index >= 15 is 0 Å². The van der Waals surface area contributed by atoms with E-state index < -0.39 is 0 Å². The number of rotatable bonds is 2. The minimum Gasteiger partial charge on any atom is -1.00 e. The second-order valence-electron chi connectivity index (χ2n) is 11.9. The number of hydrogen-bond acceptors (Lipinski definition) is 0. The number of nitrogens with zero attached hydrogens (tertiary/aromatic N) is 2. The second-order valence-corrected chi connectivity index (χ2v) is 11.9. The fourth-order valence-corrected chi connectivity index (χ4v) is 7.78. The summed E-state index contributed by atoms with van der Waals surface area (Å²) in [7, 11) is 0. The zero-order valence-corrected chi connectivity index (χ0v) is 30.0. The van der Waals surface area contributed by atoms with Gasteiger partial charge in [-0.1, -0.05) is 48.5 Å². The van der Waals surface area contributed by atoms with Crippen LogP contribution in [0, 0.1) is 0 Å². The monoisotopic (exact) mass is 790 g/mol. The normalized spacial score (nSPS) is 13.2. The number of hydrogen-bond donors (Lipinski definition) is 0. The molecule has 2 heterocycles. The third kappa shape index (κ3) is 5.14. The average molecular weight is 790 g/mol. The van der Waals surface area contributed by atoms with Crippen LogP contribution in [0.4, 0.5) is 0 Å². The van der Waals surface area contributed by atoms with Gasteiger partial charge in [-0.3, -0.25) is 0 Å². The summed E-state index contributed by atoms with van der Waals surface area (Å²) in [5, 5.41) is 8.20. The summed E-state index contributed by atoms with van der Waals surface area (Å²) in [6, 6.07) is 44.2. The smallest absolute Gasteiger partial charge is 1.00 e. The van der Waals surface area contributed by atoms with Gasteiger partial charge < -0.3 is 33.9 Å². The van der Waals surface area contributed by atoms with Crippen molar-refractivity contribution in [1.29, 1.82) is 0 Å². The molecular weight excluding hydrogens is 758 g/mol. The van der Waals surface area contributed by atoms with Crippen molar-refractivity contribution in [2.45, 2.75) is 38.5 Å². The van der Waals surface area contributed by atoms with Gasteiger partial charge in [0, 0.05) is 22.2 Å². The molecule has 8 aromatic rings. The molecular formula is C40H32Cl2HfN2. The Morgan fingerprint density at radius 1 is 0.467 bits per heavy atom. The number of benzene rings is 4. The van der Waals surface area contributed by atoms with Crippen molar-refractivity contribution in [1.82, 2.24) is 9.13 Å². The van der Waals surface area contributed by atoms with Crippen LogP contribution in [0.1, 0.15) is 35.4 Å². The van der Waals surface area contributed by atoms with Crippen LogP contribution in [0.5, 0.6) is 0 Å². The van der Waals surface area contributed by atoms with Crippen molar-refractivity contribution in [2.75, 3.05) is 0 Å². The van der Waals surface area contributed by atoms with Gasteiger partial charge >= 0.3 is 25.8 Å². The molecule has 45 heavy (non-hydrogen) atoms. The number of aryl methyl sites for hydroxylation is 2. The van der Waals surface area contributed by atoms with Crippen molar-refractivity contribution in [3.05, 3.63) is 144 Å². The summed E-state index contributed by atoms with van der Waals surface area (Å²) in [6.07, 6.45) is 7.43. The molecule has 0 aliphatic heterocycles. The maximum atomic E-state index is 2.48. The largest absolute Gasteiger partial charge is 4.00 e. The quantitative estimate of drug-likeness (QED) is 0.186. The van der Waals surface area contributed by atoms with E-state index in [9.17, 15) is 0 Å². The molecule has 0 N–H and O–H groups in total. The van der Waals surface area contributed by atoms with Crippen LogP contribution < -0.4 is 24.8 Å². The summed E-state index contributed by atoms with van der Waals surface area (Å²) in [5.74, 6) is 0. The van der Waals surface area contributed by atoms with Crippen molar-refractivity contribution >= 4 is 43.4 Å². The van der Waals surface area contributed by atoms with E-state index in [-0.39, 0.29) is 50.7 Å². The molecule has 0 bridgehead atoms. The molecule has 2 aliphatic carbocycles. The molecule has 5 heteroatoms. The fourth-order valence-electron chi connectivity index (χ4n) is 7.78. The fraction of sp³-hybridized carbons (Fsp3) is 0.150. The topological polar surface area (TPSA) is 9.86 Å². The Balaban J connectivity index is 0.000000149. The molecule has 6 aromatic carbocycles. The molecule has 220 valence electrons. The Bertz CT molecular complexity index is 2050. The van der Waals surface area contributed by atoms with E-state index in [0.717, 1.165) is 0 Å². The van der Waals surface area contributed by atoms with Gasteiger partial charge in [0.25, 0.3) is 0 Å². The van der Waals surface area contributed by atoms with Crippen LogP contribution in [0.2, 0.25) is 0 Å². The minimum absolute atomic E-state index is 0. The zero-order chi connectivity index (χ0) is 27.6. The van der Waals surface area contributed by atoms with Crippen molar-refractivity contribution in [3.8, 4) is 11.4 Å². The van der Waals surface area contributed by atoms with E-state index in [1.165, 1.54) is 105 Å². The predicted octanol–water partition coefficient (Wildman–Crippen LogP) is 3.99. The maximum absolute atomic E-state index is 2.48. The van der Waals surface area contributed by atoms with Gasteiger partial charge in [-0.2, -0.15) is 0 Å². The molecule has 2 nitrogen and oxygen atoms in total. The maximum Gasteiger partial charge on any atom is 4.00 e. The minimum atomic E-state index is 0. The van der Waals surface area contributed by atoms with Crippen LogP contribution in [0.15, 0.2) is 121 Å². The van der Waals surface area contributed by atoms with Gasteiger partial charge in [0.2, 0.25) is 0 Å². The standard InChI is InChI=1S/2C20H16N.2ClH.Hf/c2*1-2-7-15-13-16(12-14(15)6-1)21-19-10-4-3-8-17(19)18-9-5-11-20(18)21;;;/h2*1-4,6-8,10,12-13H,5,9,11H2;2*1H;/q2*-1;;;+4/p-2. The average Bonchev–Trinajstić information content (AvgIpc) is 3.86. The number of fused-ring (bicyclic) bond motifs is 8. The van der Waals surface area contributed by atoms with Gasteiger partial charge in [-0.25, -0.2) is 0 Å². The number of aromatic nitrogens is 2. The summed E-state index contributed by atoms with van der Waals surface area (Å²) in [4.78, 5) is 0. The Kier molecular flexibility index (Phi) is 8.98. The molecule has 2 aliphatic rings. The first-order valence-electron chi connectivity index (χ1n) is 15.4. The Morgan fingerprint density at radius 3 is 1.31 bits per heavy atom. The van der Waals surface area contributed by atoms with E-state index in [0.29, 0.717) is 0 Å². The first kappa shape index (κ1) is 31.6. The van der Waals surface area contributed by atoms with Crippen molar-refractivity contribution in [3.63, 3.8) is 0 Å². The van der Waals surface area contributed by atoms with Crippen LogP contribution in [-0.2, 0) is 51.5 Å². The third-order valence-electron chi connectivity index (χ3n) is 9.58. The van der Waals surface area contributed by atoms with Gasteiger partial charge in [0.1, 0.15) is 0 Å². The van der Waals surface area contributed by atoms with Gasteiger partial charge in [-0.15, -0.1) is 82.2 Å². The first-order valence-corrected chi connectivity index (χ1v) is 15.4. The van der Waals surface area contributed by atoms with E-state index in [4.69, 9.17) is 0 Å². The van der Waals surface area contributed by atoms with Gasteiger partial charge in [0.05, 0.1) is 11.0 Å². The van der Waals surface area contributed by atoms with Crippen molar-refractivity contribution in [2.24, 2.45) is 0 Å². The van der Waals surface area contributed by atoms with E-state index in [1.807, 2.05) is 0 Å². The van der Waals surface area contributed by atoms with Crippen LogP contribution in [-0.4, -0.2) is 9.13 Å². The molecule has 0 atom stereocenters. The molecule has 0 saturated carbocycles. The molecule has 0 radical (unpaired) electrons. The molecule has 0 saturated heterocycles. The summed E-state index contributed by atoms with van der Waals surface area (Å²) in [6.45, 7) is 0. The first-order chi connectivity index (χ1) is 20.8. The van der Waals surface area contributed by atoms with E-state index in [1.54, 1.807) is 11.1 Å². The third-order valence-corrected chi connectivity index (χ3v) is 9.58. The van der Waals surface area contributed by atoms with Crippen molar-refractivity contribution < 1.29 is 50.7 Å². The Morgan fingerprint density at radius 2 is 0.867 bits per heavy atom. The van der Waals surface area contributed by atoms with Crippen LogP contribution in [0.3, 0.4) is 0 Å². The van der Waals surface area contributed by atoms with E-state index in [2.05, 4.69) is 130 Å². The van der Waals surface area contributed by atoms with Crippen LogP contribution >= 0.6 is 0 Å². The summed E-state index contributed by atoms with van der Waals surface area (Å²) >= 11 is 0. The summed E-state index contributed by atoms with van der Waals surface area (Å²) < 4.78 is 4.97. The van der Waals surface area contributed by atoms with Gasteiger partial charge in [-0.05, 0) is 73.2 Å². The number of halogens is 2. The Labute approximate surface area is 295 Å². The molecule has 2 aromatic heterocycles. The molecule has 0 unspecified atom stereocenters. The number of para-hydroxylation sites is 2. The molecule has 0 fully saturated rings. The second kappa shape index (κ2) is 12.8. The van der Waals surface area contributed by atoms with Gasteiger partial charge in [0.15, 0.2) is 0 Å². The Hall–Kier alpha value is -3.37. The zero-order valence-electron chi connectivity index (χ0n) is 24.9.